The van der Waals surface area contributed by atoms with Crippen LogP contribution in [0.5, 0.6) is 5.75 Å². The highest BCUT2D eigenvalue weighted by Gasteiger charge is 2.32. The molecule has 6 heteroatoms. The second kappa shape index (κ2) is 5.94. The number of methoxy groups -OCH3 is 1. The number of likely N-dealkylation sites (tertiary alicyclic amines) is 1. The van der Waals surface area contributed by atoms with E-state index in [1.807, 2.05) is 24.4 Å². The summed E-state index contributed by atoms with van der Waals surface area (Å²) in [4.78, 5) is 11.5. The van der Waals surface area contributed by atoms with Crippen LogP contribution in [0.4, 0.5) is 5.69 Å². The van der Waals surface area contributed by atoms with Gasteiger partial charge in [0, 0.05) is 41.1 Å². The number of aromatic nitrogens is 1. The van der Waals surface area contributed by atoms with E-state index in [2.05, 4.69) is 37.2 Å². The Hall–Kier alpha value is -1.92. The standard InChI is InChI=1S/C17H17BrN4O/c1-23-14-9-12(18)8-13-15(14)20-16(11-4-2-5-19-10-11)21-17(13)22-6-3-7-22/h2,4-5,8-10,17H,3,6-7H2,1H3,(H,20,21). The lowest BCUT2D eigenvalue weighted by atomic mass is 10.0. The Labute approximate surface area is 143 Å². The zero-order valence-electron chi connectivity index (χ0n) is 12.8. The number of nitrogens with one attached hydrogen (secondary N) is 1. The number of anilines is 1. The van der Waals surface area contributed by atoms with Crippen LogP contribution in [-0.4, -0.2) is 35.9 Å². The molecule has 23 heavy (non-hydrogen) atoms. The predicted molar refractivity (Wildman–Crippen MR) is 94.0 cm³/mol. The molecular formula is C17H17BrN4O. The second-order valence-corrected chi connectivity index (χ2v) is 6.60. The molecule has 4 rings (SSSR count). The van der Waals surface area contributed by atoms with Crippen molar-refractivity contribution in [3.05, 3.63) is 52.3 Å². The number of halogens is 1. The van der Waals surface area contributed by atoms with Crippen LogP contribution in [0.15, 0.2) is 46.1 Å². The number of fused-ring (bicyclic) bond motifs is 1. The minimum Gasteiger partial charge on any atom is -0.495 e. The molecular weight excluding hydrogens is 356 g/mol. The topological polar surface area (TPSA) is 49.8 Å². The molecule has 1 fully saturated rings. The van der Waals surface area contributed by atoms with Gasteiger partial charge in [0.25, 0.3) is 0 Å². The highest BCUT2D eigenvalue weighted by atomic mass is 79.9. The van der Waals surface area contributed by atoms with E-state index in [0.29, 0.717) is 0 Å². The first kappa shape index (κ1) is 14.7. The summed E-state index contributed by atoms with van der Waals surface area (Å²) in [7, 11) is 1.69. The van der Waals surface area contributed by atoms with E-state index < -0.39 is 0 Å². The smallest absolute Gasteiger partial charge is 0.143 e. The number of aliphatic imine (C=N–C) groups is 1. The lowest BCUT2D eigenvalue weighted by Crippen LogP contribution is -2.41. The molecule has 1 N–H and O–H groups in total. The summed E-state index contributed by atoms with van der Waals surface area (Å²) >= 11 is 3.57. The number of pyridine rings is 1. The van der Waals surface area contributed by atoms with Crippen molar-refractivity contribution in [1.29, 1.82) is 0 Å². The van der Waals surface area contributed by atoms with Gasteiger partial charge in [-0.2, -0.15) is 0 Å². The van der Waals surface area contributed by atoms with Crippen LogP contribution in [0.1, 0.15) is 23.7 Å². The van der Waals surface area contributed by atoms with Crippen LogP contribution in [0.2, 0.25) is 0 Å². The van der Waals surface area contributed by atoms with Crippen LogP contribution in [0.25, 0.3) is 0 Å². The predicted octanol–water partition coefficient (Wildman–Crippen LogP) is 3.43. The number of rotatable bonds is 3. The van der Waals surface area contributed by atoms with E-state index in [0.717, 1.165) is 46.0 Å². The second-order valence-electron chi connectivity index (χ2n) is 5.68. The highest BCUT2D eigenvalue weighted by molar-refractivity contribution is 9.10. The van der Waals surface area contributed by atoms with Gasteiger partial charge >= 0.3 is 0 Å². The molecule has 1 unspecified atom stereocenters. The maximum Gasteiger partial charge on any atom is 0.143 e. The third-order valence-corrected chi connectivity index (χ3v) is 4.72. The lowest BCUT2D eigenvalue weighted by molar-refractivity contribution is 0.122. The van der Waals surface area contributed by atoms with Gasteiger partial charge < -0.3 is 10.1 Å². The van der Waals surface area contributed by atoms with Gasteiger partial charge in [0.1, 0.15) is 17.8 Å². The highest BCUT2D eigenvalue weighted by Crippen LogP contribution is 2.42. The molecule has 2 aliphatic rings. The summed E-state index contributed by atoms with van der Waals surface area (Å²) < 4.78 is 6.58. The summed E-state index contributed by atoms with van der Waals surface area (Å²) in [6, 6.07) is 8.04. The molecule has 0 amide bonds. The van der Waals surface area contributed by atoms with Crippen molar-refractivity contribution in [2.75, 3.05) is 25.5 Å². The molecule has 2 aliphatic heterocycles. The molecule has 5 nitrogen and oxygen atoms in total. The molecule has 1 saturated heterocycles. The van der Waals surface area contributed by atoms with Crippen LogP contribution in [0.3, 0.4) is 0 Å². The van der Waals surface area contributed by atoms with Crippen LogP contribution in [0, 0.1) is 0 Å². The van der Waals surface area contributed by atoms with Gasteiger partial charge in [0.05, 0.1) is 12.8 Å². The van der Waals surface area contributed by atoms with Crippen molar-refractivity contribution in [3.8, 4) is 5.75 Å². The SMILES string of the molecule is COc1cc(Br)cc2c1NC(c1cccnc1)=NC2N1CCC1. The quantitative estimate of drug-likeness (QED) is 0.896. The average molecular weight is 373 g/mol. The molecule has 1 aromatic heterocycles. The van der Waals surface area contributed by atoms with Gasteiger partial charge in [0.15, 0.2) is 0 Å². The van der Waals surface area contributed by atoms with Crippen LogP contribution in [-0.2, 0) is 0 Å². The minimum absolute atomic E-state index is 0.0154. The Morgan fingerprint density at radius 2 is 2.22 bits per heavy atom. The monoisotopic (exact) mass is 372 g/mol. The first-order chi connectivity index (χ1) is 11.3. The summed E-state index contributed by atoms with van der Waals surface area (Å²) in [5.41, 5.74) is 3.11. The normalized spacial score (nSPS) is 20.1. The van der Waals surface area contributed by atoms with Crippen LogP contribution >= 0.6 is 15.9 Å². The van der Waals surface area contributed by atoms with E-state index in [4.69, 9.17) is 9.73 Å². The summed E-state index contributed by atoms with van der Waals surface area (Å²) in [5.74, 6) is 1.65. The maximum absolute atomic E-state index is 5.58. The van der Waals surface area contributed by atoms with Gasteiger partial charge in [-0.15, -0.1) is 0 Å². The first-order valence-corrected chi connectivity index (χ1v) is 8.42. The third-order valence-electron chi connectivity index (χ3n) is 4.26. The molecule has 3 heterocycles. The summed E-state index contributed by atoms with van der Waals surface area (Å²) in [6.45, 7) is 2.14. The molecule has 0 bridgehead atoms. The molecule has 0 aliphatic carbocycles. The van der Waals surface area contributed by atoms with Crippen molar-refractivity contribution in [2.45, 2.75) is 12.6 Å². The number of hydrogen-bond acceptors (Lipinski definition) is 5. The minimum atomic E-state index is 0.0154. The molecule has 0 radical (unpaired) electrons. The number of nitrogens with zero attached hydrogens (tertiary/aromatic N) is 3. The van der Waals surface area contributed by atoms with Crippen molar-refractivity contribution >= 4 is 27.5 Å². The Bertz CT molecular complexity index is 759. The van der Waals surface area contributed by atoms with Crippen LogP contribution < -0.4 is 10.1 Å². The van der Waals surface area contributed by atoms with Crippen molar-refractivity contribution in [3.63, 3.8) is 0 Å². The molecule has 118 valence electrons. The molecule has 0 spiro atoms. The van der Waals surface area contributed by atoms with Gasteiger partial charge in [-0.1, -0.05) is 15.9 Å². The van der Waals surface area contributed by atoms with E-state index in [9.17, 15) is 0 Å². The van der Waals surface area contributed by atoms with Gasteiger partial charge in [-0.25, -0.2) is 4.99 Å². The average Bonchev–Trinajstić information content (AvgIpc) is 2.53. The molecule has 1 aromatic carbocycles. The van der Waals surface area contributed by atoms with E-state index >= 15 is 0 Å². The first-order valence-electron chi connectivity index (χ1n) is 7.63. The Balaban J connectivity index is 1.83. The molecule has 1 atom stereocenters. The van der Waals surface area contributed by atoms with E-state index in [1.54, 1.807) is 13.3 Å². The Kier molecular flexibility index (Phi) is 3.79. The number of amidine groups is 1. The number of hydrogen-bond donors (Lipinski definition) is 1. The fraction of sp³-hybridized carbons (Fsp3) is 0.294. The number of benzene rings is 1. The zero-order chi connectivity index (χ0) is 15.8. The fourth-order valence-electron chi connectivity index (χ4n) is 2.96. The van der Waals surface area contributed by atoms with Crippen molar-refractivity contribution in [2.24, 2.45) is 4.99 Å². The van der Waals surface area contributed by atoms with Crippen molar-refractivity contribution < 1.29 is 4.74 Å². The van der Waals surface area contributed by atoms with Crippen molar-refractivity contribution in [1.82, 2.24) is 9.88 Å². The third kappa shape index (κ3) is 2.62. The summed E-state index contributed by atoms with van der Waals surface area (Å²) in [5, 5.41) is 3.43. The Morgan fingerprint density at radius 1 is 1.35 bits per heavy atom. The van der Waals surface area contributed by atoms with Gasteiger partial charge in [-0.3, -0.25) is 9.88 Å². The van der Waals surface area contributed by atoms with E-state index in [1.165, 1.54) is 6.42 Å². The maximum atomic E-state index is 5.58. The number of ether oxygens (including phenoxy) is 1. The van der Waals surface area contributed by atoms with Gasteiger partial charge in [-0.05, 0) is 30.7 Å². The zero-order valence-corrected chi connectivity index (χ0v) is 14.4. The molecule has 0 saturated carbocycles. The molecule has 2 aromatic rings. The van der Waals surface area contributed by atoms with Gasteiger partial charge in [0.2, 0.25) is 0 Å². The van der Waals surface area contributed by atoms with E-state index in [-0.39, 0.29) is 6.17 Å². The summed E-state index contributed by atoms with van der Waals surface area (Å²) in [6.07, 6.45) is 4.84. The lowest BCUT2D eigenvalue weighted by Gasteiger charge is -2.39. The fourth-order valence-corrected chi connectivity index (χ4v) is 3.41. The largest absolute Gasteiger partial charge is 0.495 e. The Morgan fingerprint density at radius 3 is 2.87 bits per heavy atom.